The van der Waals surface area contributed by atoms with Crippen molar-refractivity contribution in [1.82, 2.24) is 9.80 Å². The molecule has 4 heteroatoms. The minimum Gasteiger partial charge on any atom is -0.346 e. The molecule has 19 heavy (non-hydrogen) atoms. The highest BCUT2D eigenvalue weighted by molar-refractivity contribution is 5.77. The molecule has 0 radical (unpaired) electrons. The van der Waals surface area contributed by atoms with E-state index in [2.05, 4.69) is 13.8 Å². The fourth-order valence-electron chi connectivity index (χ4n) is 1.92. The number of carbonyl (C=O) groups excluding carboxylic acids is 2. The molecule has 0 N–H and O–H groups in total. The quantitative estimate of drug-likeness (QED) is 0.573. The van der Waals surface area contributed by atoms with Crippen LogP contribution in [0.25, 0.3) is 0 Å². The van der Waals surface area contributed by atoms with Gasteiger partial charge in [0.15, 0.2) is 0 Å². The number of carbonyl (C=O) groups is 2. The lowest BCUT2D eigenvalue weighted by atomic mass is 10.2. The summed E-state index contributed by atoms with van der Waals surface area (Å²) in [7, 11) is 1.84. The first-order chi connectivity index (χ1) is 9.02. The van der Waals surface area contributed by atoms with E-state index in [0.29, 0.717) is 13.0 Å². The number of unbranched alkanes of at least 4 members (excludes halogenated alkanes) is 3. The third-order valence-electron chi connectivity index (χ3n) is 3.35. The van der Waals surface area contributed by atoms with Crippen LogP contribution in [0.15, 0.2) is 0 Å². The Kier molecular flexibility index (Phi) is 10.2. The van der Waals surface area contributed by atoms with Gasteiger partial charge in [0, 0.05) is 40.0 Å². The summed E-state index contributed by atoms with van der Waals surface area (Å²) in [6.45, 7) is 7.97. The molecule has 0 unspecified atom stereocenters. The summed E-state index contributed by atoms with van der Waals surface area (Å²) >= 11 is 0. The molecule has 0 aliphatic heterocycles. The maximum atomic E-state index is 11.9. The average molecular weight is 270 g/mol. The summed E-state index contributed by atoms with van der Waals surface area (Å²) in [4.78, 5) is 27.0. The predicted molar refractivity (Wildman–Crippen MR) is 78.9 cm³/mol. The lowest BCUT2D eigenvalue weighted by molar-refractivity contribution is -0.132. The van der Waals surface area contributed by atoms with Crippen LogP contribution in [0.4, 0.5) is 0 Å². The van der Waals surface area contributed by atoms with Crippen molar-refractivity contribution >= 4 is 11.8 Å². The van der Waals surface area contributed by atoms with E-state index >= 15 is 0 Å². The molecule has 112 valence electrons. The van der Waals surface area contributed by atoms with Gasteiger partial charge in [0.05, 0.1) is 0 Å². The third-order valence-corrected chi connectivity index (χ3v) is 3.35. The van der Waals surface area contributed by atoms with Gasteiger partial charge in [-0.15, -0.1) is 0 Å². The molecule has 0 aromatic rings. The molecular formula is C15H30N2O2. The molecule has 0 saturated heterocycles. The fraction of sp³-hybridized carbons (Fsp3) is 0.867. The molecular weight excluding hydrogens is 240 g/mol. The molecule has 0 aliphatic rings. The third kappa shape index (κ3) is 8.62. The van der Waals surface area contributed by atoms with Crippen molar-refractivity contribution in [1.29, 1.82) is 0 Å². The first-order valence-corrected chi connectivity index (χ1v) is 7.52. The van der Waals surface area contributed by atoms with Crippen LogP contribution in [0.5, 0.6) is 0 Å². The number of hydrogen-bond acceptors (Lipinski definition) is 2. The summed E-state index contributed by atoms with van der Waals surface area (Å²) < 4.78 is 0. The van der Waals surface area contributed by atoms with Gasteiger partial charge in [-0.25, -0.2) is 0 Å². The van der Waals surface area contributed by atoms with Gasteiger partial charge in [0.25, 0.3) is 0 Å². The molecule has 0 atom stereocenters. The van der Waals surface area contributed by atoms with Crippen LogP contribution in [0.1, 0.15) is 59.3 Å². The van der Waals surface area contributed by atoms with Gasteiger partial charge < -0.3 is 9.80 Å². The minimum atomic E-state index is 0.0696. The van der Waals surface area contributed by atoms with Gasteiger partial charge in [0.1, 0.15) is 0 Å². The van der Waals surface area contributed by atoms with E-state index < -0.39 is 0 Å². The second-order valence-corrected chi connectivity index (χ2v) is 5.13. The highest BCUT2D eigenvalue weighted by Gasteiger charge is 2.13. The standard InChI is InChI=1S/C15H30N2O2/c1-5-7-9-12-17(14(3)18)13-10-15(19)16(4)11-8-6-2/h5-13H2,1-4H3. The Labute approximate surface area is 118 Å². The summed E-state index contributed by atoms with van der Waals surface area (Å²) in [6.07, 6.45) is 5.86. The van der Waals surface area contributed by atoms with Gasteiger partial charge >= 0.3 is 0 Å². The molecule has 4 nitrogen and oxygen atoms in total. The van der Waals surface area contributed by atoms with Crippen molar-refractivity contribution in [3.63, 3.8) is 0 Å². The zero-order valence-corrected chi connectivity index (χ0v) is 13.1. The van der Waals surface area contributed by atoms with Gasteiger partial charge in [-0.1, -0.05) is 33.1 Å². The first-order valence-electron chi connectivity index (χ1n) is 7.52. The molecule has 0 saturated carbocycles. The Balaban J connectivity index is 4.02. The molecule has 0 aromatic carbocycles. The molecule has 0 spiro atoms. The van der Waals surface area contributed by atoms with Crippen LogP contribution in [0.3, 0.4) is 0 Å². The van der Waals surface area contributed by atoms with Crippen molar-refractivity contribution in [3.8, 4) is 0 Å². The van der Waals surface area contributed by atoms with Crippen LogP contribution >= 0.6 is 0 Å². The van der Waals surface area contributed by atoms with Gasteiger partial charge in [0.2, 0.25) is 11.8 Å². The van der Waals surface area contributed by atoms with E-state index in [1.165, 1.54) is 0 Å². The molecule has 0 rings (SSSR count). The number of hydrogen-bond donors (Lipinski definition) is 0. The van der Waals surface area contributed by atoms with E-state index in [0.717, 1.165) is 45.2 Å². The Bertz CT molecular complexity index is 267. The number of nitrogens with zero attached hydrogens (tertiary/aromatic N) is 2. The monoisotopic (exact) mass is 270 g/mol. The van der Waals surface area contributed by atoms with Gasteiger partial charge in [-0.05, 0) is 12.8 Å². The molecule has 2 amide bonds. The van der Waals surface area contributed by atoms with E-state index in [4.69, 9.17) is 0 Å². The molecule has 0 fully saturated rings. The lowest BCUT2D eigenvalue weighted by Crippen LogP contribution is -2.35. The second-order valence-electron chi connectivity index (χ2n) is 5.13. The normalized spacial score (nSPS) is 10.3. The Morgan fingerprint density at radius 1 is 0.895 bits per heavy atom. The van der Waals surface area contributed by atoms with Crippen LogP contribution in [-0.2, 0) is 9.59 Å². The van der Waals surface area contributed by atoms with Gasteiger partial charge in [-0.2, -0.15) is 0 Å². The van der Waals surface area contributed by atoms with Gasteiger partial charge in [-0.3, -0.25) is 9.59 Å². The van der Waals surface area contributed by atoms with E-state index in [1.807, 2.05) is 7.05 Å². The van der Waals surface area contributed by atoms with Crippen LogP contribution in [0.2, 0.25) is 0 Å². The maximum absolute atomic E-state index is 11.9. The Hall–Kier alpha value is -1.06. The Morgan fingerprint density at radius 3 is 2.05 bits per heavy atom. The van der Waals surface area contributed by atoms with Crippen molar-refractivity contribution in [2.45, 2.75) is 59.3 Å². The van der Waals surface area contributed by atoms with Crippen LogP contribution in [0, 0.1) is 0 Å². The zero-order chi connectivity index (χ0) is 14.7. The van der Waals surface area contributed by atoms with Crippen LogP contribution < -0.4 is 0 Å². The van der Waals surface area contributed by atoms with E-state index in [-0.39, 0.29) is 11.8 Å². The van der Waals surface area contributed by atoms with E-state index in [1.54, 1.807) is 16.7 Å². The number of amides is 2. The highest BCUT2D eigenvalue weighted by Crippen LogP contribution is 2.02. The Morgan fingerprint density at radius 2 is 1.53 bits per heavy atom. The zero-order valence-electron chi connectivity index (χ0n) is 13.1. The summed E-state index contributed by atoms with van der Waals surface area (Å²) in [6, 6.07) is 0. The molecule has 0 aromatic heterocycles. The first kappa shape index (κ1) is 17.9. The summed E-state index contributed by atoms with van der Waals surface area (Å²) in [5.74, 6) is 0.204. The minimum absolute atomic E-state index is 0.0696. The van der Waals surface area contributed by atoms with Crippen molar-refractivity contribution in [2.24, 2.45) is 0 Å². The smallest absolute Gasteiger partial charge is 0.224 e. The fourth-order valence-corrected chi connectivity index (χ4v) is 1.92. The largest absolute Gasteiger partial charge is 0.346 e. The van der Waals surface area contributed by atoms with Crippen molar-refractivity contribution in [3.05, 3.63) is 0 Å². The lowest BCUT2D eigenvalue weighted by Gasteiger charge is -2.23. The highest BCUT2D eigenvalue weighted by atomic mass is 16.2. The maximum Gasteiger partial charge on any atom is 0.224 e. The molecule has 0 aliphatic carbocycles. The summed E-state index contributed by atoms with van der Waals surface area (Å²) in [5, 5.41) is 0. The second kappa shape index (κ2) is 10.8. The number of rotatable bonds is 10. The van der Waals surface area contributed by atoms with Crippen molar-refractivity contribution < 1.29 is 9.59 Å². The average Bonchev–Trinajstić information content (AvgIpc) is 2.39. The summed E-state index contributed by atoms with van der Waals surface area (Å²) in [5.41, 5.74) is 0. The molecule has 0 heterocycles. The molecule has 0 bridgehead atoms. The van der Waals surface area contributed by atoms with Crippen molar-refractivity contribution in [2.75, 3.05) is 26.7 Å². The van der Waals surface area contributed by atoms with E-state index in [9.17, 15) is 9.59 Å². The topological polar surface area (TPSA) is 40.6 Å². The van der Waals surface area contributed by atoms with Crippen LogP contribution in [-0.4, -0.2) is 48.3 Å². The predicted octanol–water partition coefficient (Wildman–Crippen LogP) is 2.67. The SMILES string of the molecule is CCCCCN(CCC(=O)N(C)CCCC)C(C)=O.